The molecule has 1 aliphatic heterocycles. The van der Waals surface area contributed by atoms with Crippen molar-refractivity contribution in [2.24, 2.45) is 0 Å². The topological polar surface area (TPSA) is 64.7 Å². The largest absolute Gasteiger partial charge is 0.335 e. The van der Waals surface area contributed by atoms with Crippen LogP contribution in [0.15, 0.2) is 24.3 Å². The zero-order chi connectivity index (χ0) is 16.2. The fourth-order valence-electron chi connectivity index (χ4n) is 3.25. The van der Waals surface area contributed by atoms with E-state index in [4.69, 9.17) is 0 Å². The highest BCUT2D eigenvalue weighted by molar-refractivity contribution is 5.93. The molecule has 2 fully saturated rings. The van der Waals surface area contributed by atoms with Crippen molar-refractivity contribution < 1.29 is 9.59 Å². The lowest BCUT2D eigenvalue weighted by Gasteiger charge is -2.33. The Labute approximate surface area is 136 Å². The zero-order valence-electron chi connectivity index (χ0n) is 13.5. The van der Waals surface area contributed by atoms with Crippen molar-refractivity contribution in [2.75, 3.05) is 30.4 Å². The third-order valence-electron chi connectivity index (χ3n) is 4.56. The first-order chi connectivity index (χ1) is 11.1. The molecule has 1 aliphatic carbocycles. The Kier molecular flexibility index (Phi) is 4.69. The Morgan fingerprint density at radius 1 is 1.09 bits per heavy atom. The normalized spacial score (nSPS) is 19.1. The Bertz CT molecular complexity index is 566. The number of rotatable bonds is 3. The summed E-state index contributed by atoms with van der Waals surface area (Å²) in [5, 5.41) is 5.85. The number of nitrogens with zero attached hydrogens (tertiary/aromatic N) is 2. The summed E-state index contributed by atoms with van der Waals surface area (Å²) in [5.74, 6) is 0. The van der Waals surface area contributed by atoms with Crippen LogP contribution in [-0.2, 0) is 0 Å². The van der Waals surface area contributed by atoms with Crippen LogP contribution < -0.4 is 15.5 Å². The van der Waals surface area contributed by atoms with E-state index in [0.717, 1.165) is 43.7 Å². The van der Waals surface area contributed by atoms with E-state index in [0.29, 0.717) is 6.04 Å². The molecule has 1 saturated carbocycles. The number of benzene rings is 1. The second-order valence-electron chi connectivity index (χ2n) is 6.34. The van der Waals surface area contributed by atoms with Crippen molar-refractivity contribution in [3.8, 4) is 0 Å². The maximum Gasteiger partial charge on any atom is 0.324 e. The van der Waals surface area contributed by atoms with Gasteiger partial charge in [0.2, 0.25) is 0 Å². The summed E-state index contributed by atoms with van der Waals surface area (Å²) in [6, 6.07) is 7.60. The predicted molar refractivity (Wildman–Crippen MR) is 90.8 cm³/mol. The molecule has 1 heterocycles. The molecule has 2 aliphatic rings. The molecular weight excluding hydrogens is 292 g/mol. The number of hydrogen-bond donors (Lipinski definition) is 2. The van der Waals surface area contributed by atoms with E-state index in [-0.39, 0.29) is 12.1 Å². The molecule has 1 saturated heterocycles. The summed E-state index contributed by atoms with van der Waals surface area (Å²) >= 11 is 0. The zero-order valence-corrected chi connectivity index (χ0v) is 13.5. The van der Waals surface area contributed by atoms with Crippen LogP contribution in [0.2, 0.25) is 0 Å². The maximum atomic E-state index is 12.2. The molecule has 1 aromatic rings. The standard InChI is InChI=1S/C17H24N4O2/c1-20-11-4-12-21(17(20)23)15-9-7-14(8-10-15)19-16(22)18-13-5-2-3-6-13/h7-10,13H,2-6,11-12H2,1H3,(H2,18,19,22). The summed E-state index contributed by atoms with van der Waals surface area (Å²) in [6.45, 7) is 1.54. The molecular formula is C17H24N4O2. The lowest BCUT2D eigenvalue weighted by atomic mass is 10.2. The minimum absolute atomic E-state index is 0.0240. The van der Waals surface area contributed by atoms with Crippen LogP contribution in [0.3, 0.4) is 0 Å². The minimum atomic E-state index is -0.154. The van der Waals surface area contributed by atoms with E-state index in [1.54, 1.807) is 9.80 Å². The van der Waals surface area contributed by atoms with Crippen LogP contribution in [0.1, 0.15) is 32.1 Å². The Hall–Kier alpha value is -2.24. The van der Waals surface area contributed by atoms with Crippen molar-refractivity contribution in [3.05, 3.63) is 24.3 Å². The summed E-state index contributed by atoms with van der Waals surface area (Å²) < 4.78 is 0. The Morgan fingerprint density at radius 3 is 2.48 bits per heavy atom. The third kappa shape index (κ3) is 3.75. The summed E-state index contributed by atoms with van der Waals surface area (Å²) in [4.78, 5) is 27.6. The third-order valence-corrected chi connectivity index (χ3v) is 4.56. The lowest BCUT2D eigenvalue weighted by Crippen LogP contribution is -2.47. The van der Waals surface area contributed by atoms with Gasteiger partial charge < -0.3 is 15.5 Å². The van der Waals surface area contributed by atoms with Gasteiger partial charge in [-0.15, -0.1) is 0 Å². The average molecular weight is 316 g/mol. The van der Waals surface area contributed by atoms with Gasteiger partial charge in [0, 0.05) is 37.6 Å². The molecule has 1 aromatic carbocycles. The monoisotopic (exact) mass is 316 g/mol. The van der Waals surface area contributed by atoms with Gasteiger partial charge in [0.25, 0.3) is 0 Å². The van der Waals surface area contributed by atoms with Crippen molar-refractivity contribution >= 4 is 23.4 Å². The number of amides is 4. The van der Waals surface area contributed by atoms with Crippen LogP contribution in [-0.4, -0.2) is 43.1 Å². The fourth-order valence-corrected chi connectivity index (χ4v) is 3.25. The molecule has 0 radical (unpaired) electrons. The van der Waals surface area contributed by atoms with Crippen molar-refractivity contribution in [1.82, 2.24) is 10.2 Å². The first kappa shape index (κ1) is 15.6. The maximum absolute atomic E-state index is 12.2. The molecule has 2 N–H and O–H groups in total. The number of carbonyl (C=O) groups is 2. The van der Waals surface area contributed by atoms with Gasteiger partial charge in [0.05, 0.1) is 0 Å². The Morgan fingerprint density at radius 2 is 1.78 bits per heavy atom. The molecule has 0 atom stereocenters. The van der Waals surface area contributed by atoms with Gasteiger partial charge in [0.1, 0.15) is 0 Å². The molecule has 124 valence electrons. The van der Waals surface area contributed by atoms with Crippen molar-refractivity contribution in [3.63, 3.8) is 0 Å². The van der Waals surface area contributed by atoms with Gasteiger partial charge in [0.15, 0.2) is 0 Å². The minimum Gasteiger partial charge on any atom is -0.335 e. The number of carbonyl (C=O) groups excluding carboxylic acids is 2. The van der Waals surface area contributed by atoms with Crippen LogP contribution in [0.25, 0.3) is 0 Å². The molecule has 0 bridgehead atoms. The lowest BCUT2D eigenvalue weighted by molar-refractivity contribution is 0.207. The molecule has 0 spiro atoms. The predicted octanol–water partition coefficient (Wildman–Crippen LogP) is 3.01. The Balaban J connectivity index is 1.58. The molecule has 6 nitrogen and oxygen atoms in total. The number of anilines is 2. The molecule has 0 unspecified atom stereocenters. The van der Waals surface area contributed by atoms with Crippen LogP contribution in [0.4, 0.5) is 21.0 Å². The molecule has 4 amide bonds. The van der Waals surface area contributed by atoms with Crippen molar-refractivity contribution in [1.29, 1.82) is 0 Å². The van der Waals surface area contributed by atoms with E-state index < -0.39 is 0 Å². The van der Waals surface area contributed by atoms with E-state index in [1.807, 2.05) is 31.3 Å². The van der Waals surface area contributed by atoms with E-state index in [9.17, 15) is 9.59 Å². The van der Waals surface area contributed by atoms with Crippen LogP contribution >= 0.6 is 0 Å². The smallest absolute Gasteiger partial charge is 0.324 e. The van der Waals surface area contributed by atoms with Gasteiger partial charge in [-0.2, -0.15) is 0 Å². The second-order valence-corrected chi connectivity index (χ2v) is 6.34. The average Bonchev–Trinajstić information content (AvgIpc) is 3.04. The summed E-state index contributed by atoms with van der Waals surface area (Å²) in [5.41, 5.74) is 1.60. The van der Waals surface area contributed by atoms with Gasteiger partial charge in [-0.1, -0.05) is 12.8 Å². The highest BCUT2D eigenvalue weighted by Gasteiger charge is 2.23. The van der Waals surface area contributed by atoms with E-state index in [1.165, 1.54) is 12.8 Å². The summed E-state index contributed by atoms with van der Waals surface area (Å²) in [6.07, 6.45) is 5.48. The van der Waals surface area contributed by atoms with Gasteiger partial charge in [-0.25, -0.2) is 9.59 Å². The highest BCUT2D eigenvalue weighted by atomic mass is 16.2. The second kappa shape index (κ2) is 6.89. The first-order valence-electron chi connectivity index (χ1n) is 8.34. The highest BCUT2D eigenvalue weighted by Crippen LogP contribution is 2.22. The number of hydrogen-bond acceptors (Lipinski definition) is 2. The van der Waals surface area contributed by atoms with E-state index >= 15 is 0 Å². The molecule has 3 rings (SSSR count). The van der Waals surface area contributed by atoms with Gasteiger partial charge in [-0.05, 0) is 43.5 Å². The fraction of sp³-hybridized carbons (Fsp3) is 0.529. The SMILES string of the molecule is CN1CCCN(c2ccc(NC(=O)NC3CCCC3)cc2)C1=O. The van der Waals surface area contributed by atoms with Crippen LogP contribution in [0.5, 0.6) is 0 Å². The molecule has 23 heavy (non-hydrogen) atoms. The number of nitrogens with one attached hydrogen (secondary N) is 2. The quantitative estimate of drug-likeness (QED) is 0.900. The van der Waals surface area contributed by atoms with E-state index in [2.05, 4.69) is 10.6 Å². The summed E-state index contributed by atoms with van der Waals surface area (Å²) in [7, 11) is 1.82. The van der Waals surface area contributed by atoms with Crippen LogP contribution in [0, 0.1) is 0 Å². The number of urea groups is 2. The van der Waals surface area contributed by atoms with Gasteiger partial charge >= 0.3 is 12.1 Å². The first-order valence-corrected chi connectivity index (χ1v) is 8.34. The molecule has 0 aromatic heterocycles. The molecule has 6 heteroatoms. The van der Waals surface area contributed by atoms with Crippen molar-refractivity contribution in [2.45, 2.75) is 38.1 Å². The van der Waals surface area contributed by atoms with Gasteiger partial charge in [-0.3, -0.25) is 4.90 Å².